The summed E-state index contributed by atoms with van der Waals surface area (Å²) in [6.07, 6.45) is 6.11. The fourth-order valence-electron chi connectivity index (χ4n) is 7.83. The van der Waals surface area contributed by atoms with E-state index in [0.717, 1.165) is 35.2 Å². The molecule has 0 radical (unpaired) electrons. The van der Waals surface area contributed by atoms with Crippen molar-refractivity contribution < 1.29 is 29.0 Å². The molecule has 0 aliphatic carbocycles. The van der Waals surface area contributed by atoms with Gasteiger partial charge in [-0.3, -0.25) is 9.59 Å². The van der Waals surface area contributed by atoms with Gasteiger partial charge in [-0.05, 0) is 82.5 Å². The van der Waals surface area contributed by atoms with Gasteiger partial charge in [0.25, 0.3) is 5.91 Å². The molecule has 0 aromatic heterocycles. The fourth-order valence-corrected chi connectivity index (χ4v) is 10.4. The third-order valence-electron chi connectivity index (χ3n) is 10.2. The van der Waals surface area contributed by atoms with E-state index in [1.165, 1.54) is 11.1 Å². The number of ether oxygens (including phenoxy) is 2. The van der Waals surface area contributed by atoms with Crippen LogP contribution in [-0.4, -0.2) is 67.3 Å². The summed E-state index contributed by atoms with van der Waals surface area (Å²) in [5, 5.41) is 10.2. The van der Waals surface area contributed by atoms with Crippen LogP contribution in [0.5, 0.6) is 5.75 Å². The van der Waals surface area contributed by atoms with Crippen molar-refractivity contribution in [1.82, 2.24) is 4.90 Å². The van der Waals surface area contributed by atoms with Crippen LogP contribution in [0.15, 0.2) is 65.8 Å². The number of nitrogens with zero attached hydrogens (tertiary/aromatic N) is 2. The molecule has 5 rings (SSSR count). The number of hydrogen-bond donors (Lipinski definition) is 2. The van der Waals surface area contributed by atoms with E-state index in [9.17, 15) is 19.5 Å². The molecule has 46 heavy (non-hydrogen) atoms. The van der Waals surface area contributed by atoms with Gasteiger partial charge in [0.15, 0.2) is 13.9 Å². The van der Waals surface area contributed by atoms with E-state index in [1.54, 1.807) is 16.9 Å². The number of amides is 2. The first-order valence-electron chi connectivity index (χ1n) is 16.5. The lowest BCUT2D eigenvalue weighted by molar-refractivity contribution is -0.150. The van der Waals surface area contributed by atoms with Crippen LogP contribution >= 0.6 is 0 Å². The van der Waals surface area contributed by atoms with E-state index >= 15 is 0 Å². The molecule has 2 aromatic rings. The average molecular weight is 647 g/mol. The highest BCUT2D eigenvalue weighted by molar-refractivity contribution is 6.71. The molecular formula is C37H50N2O6Si. The van der Waals surface area contributed by atoms with Gasteiger partial charge in [0.05, 0.1) is 38.0 Å². The van der Waals surface area contributed by atoms with Gasteiger partial charge in [-0.1, -0.05) is 54.5 Å². The molecule has 2 aromatic carbocycles. The predicted molar refractivity (Wildman–Crippen MR) is 183 cm³/mol. The molecule has 5 atom stereocenters. The Balaban J connectivity index is 1.48. The highest BCUT2D eigenvalue weighted by Crippen LogP contribution is 2.60. The summed E-state index contributed by atoms with van der Waals surface area (Å²) in [4.78, 5) is 43.9. The maximum atomic E-state index is 14.7. The fraction of sp³-hybridized carbons (Fsp3) is 0.514. The molecular weight excluding hydrogens is 597 g/mol. The second-order valence-electron chi connectivity index (χ2n) is 14.1. The number of benzene rings is 2. The molecule has 3 aliphatic heterocycles. The zero-order valence-corrected chi connectivity index (χ0v) is 29.4. The van der Waals surface area contributed by atoms with Crippen LogP contribution in [0.4, 0.5) is 5.69 Å². The third kappa shape index (κ3) is 6.35. The Kier molecular flexibility index (Phi) is 9.99. The average Bonchev–Trinajstić information content (AvgIpc) is 3.44. The molecule has 1 saturated heterocycles. The Bertz CT molecular complexity index is 1530. The van der Waals surface area contributed by atoms with Gasteiger partial charge in [0.2, 0.25) is 5.91 Å². The number of anilines is 1. The van der Waals surface area contributed by atoms with Gasteiger partial charge >= 0.3 is 0 Å². The minimum atomic E-state index is -2.96. The molecule has 2 amide bonds. The normalized spacial score (nSPS) is 25.9. The second-order valence-corrected chi connectivity index (χ2v) is 18.0. The van der Waals surface area contributed by atoms with Crippen molar-refractivity contribution in [1.29, 1.82) is 0 Å². The van der Waals surface area contributed by atoms with Crippen molar-refractivity contribution in [2.75, 3.05) is 25.2 Å². The minimum Gasteiger partial charge on any atom is -0.497 e. The Labute approximate surface area is 274 Å². The molecule has 3 aliphatic rings. The number of fused-ring (bicyclic) bond motifs is 3. The smallest absolute Gasteiger partial charge is 0.264 e. The quantitative estimate of drug-likeness (QED) is 0.248. The van der Waals surface area contributed by atoms with Gasteiger partial charge in [-0.2, -0.15) is 0 Å². The molecule has 0 bridgehead atoms. The van der Waals surface area contributed by atoms with Crippen LogP contribution in [0.3, 0.4) is 0 Å². The Morgan fingerprint density at radius 1 is 1.13 bits per heavy atom. The first kappa shape index (κ1) is 34.1. The zero-order valence-electron chi connectivity index (χ0n) is 28.4. The standard InChI is InChI=1S/C37H50N2O6Si/c1-24(2)11-10-12-25(3)17-18-38-32-16-15-30(44-5)20-31(32)37(36(38)42)26(4)35(46(6,7)43)33(45-37)21-34(41)39-22-28-14-9-8-13-27(28)19-29(39)23-40/h8-9,11,13-17,20,26,29,33,35,40,43H,10,12,18-19,21-23H2,1-7H3/b25-17+/t26-,29+,33+,35-,37+/m1/s1. The van der Waals surface area contributed by atoms with Crippen LogP contribution < -0.4 is 9.64 Å². The van der Waals surface area contributed by atoms with Crippen LogP contribution in [0.25, 0.3) is 0 Å². The number of aliphatic hydroxyl groups is 1. The lowest BCUT2D eigenvalue weighted by Gasteiger charge is -2.37. The van der Waals surface area contributed by atoms with Crippen molar-refractivity contribution in [3.63, 3.8) is 0 Å². The van der Waals surface area contributed by atoms with E-state index in [2.05, 4.69) is 32.9 Å². The number of rotatable bonds is 10. The molecule has 3 heterocycles. The molecule has 8 nitrogen and oxygen atoms in total. The van der Waals surface area contributed by atoms with E-state index < -0.39 is 25.9 Å². The van der Waals surface area contributed by atoms with Gasteiger partial charge in [-0.15, -0.1) is 0 Å². The van der Waals surface area contributed by atoms with Crippen molar-refractivity contribution in [2.45, 2.75) is 96.3 Å². The third-order valence-corrected chi connectivity index (χ3v) is 12.7. The van der Waals surface area contributed by atoms with Gasteiger partial charge < -0.3 is 29.2 Å². The van der Waals surface area contributed by atoms with E-state index in [4.69, 9.17) is 9.47 Å². The number of hydrogen-bond acceptors (Lipinski definition) is 6. The summed E-state index contributed by atoms with van der Waals surface area (Å²) in [6, 6.07) is 13.3. The van der Waals surface area contributed by atoms with Crippen LogP contribution in [0.2, 0.25) is 18.6 Å². The van der Waals surface area contributed by atoms with E-state index in [-0.39, 0.29) is 36.4 Å². The first-order valence-corrected chi connectivity index (χ1v) is 19.5. The van der Waals surface area contributed by atoms with Crippen molar-refractivity contribution in [3.8, 4) is 5.75 Å². The summed E-state index contributed by atoms with van der Waals surface area (Å²) >= 11 is 0. The molecule has 0 saturated carbocycles. The van der Waals surface area contributed by atoms with Gasteiger partial charge in [0, 0.05) is 30.1 Å². The number of carbonyl (C=O) groups is 2. The lowest BCUT2D eigenvalue weighted by Crippen LogP contribution is -2.48. The van der Waals surface area contributed by atoms with Crippen LogP contribution in [0.1, 0.15) is 63.6 Å². The van der Waals surface area contributed by atoms with E-state index in [0.29, 0.717) is 25.3 Å². The molecule has 248 valence electrons. The number of carbonyl (C=O) groups excluding carboxylic acids is 2. The number of allylic oxidation sites excluding steroid dienone is 3. The molecule has 0 unspecified atom stereocenters. The summed E-state index contributed by atoms with van der Waals surface area (Å²) in [5.74, 6) is -0.0887. The Hall–Kier alpha value is -3.24. The largest absolute Gasteiger partial charge is 0.497 e. The van der Waals surface area contributed by atoms with Crippen LogP contribution in [-0.2, 0) is 32.9 Å². The summed E-state index contributed by atoms with van der Waals surface area (Å²) in [5.41, 5.74) is 4.44. The van der Waals surface area contributed by atoms with Crippen LogP contribution in [0, 0.1) is 5.92 Å². The highest BCUT2D eigenvalue weighted by Gasteiger charge is 2.66. The van der Waals surface area contributed by atoms with Crippen molar-refractivity contribution in [3.05, 3.63) is 82.5 Å². The SMILES string of the molecule is COc1ccc2c(c1)[C@]1(O[C@@H](CC(=O)N3Cc4ccccc4C[C@H]3CO)[C@H]([Si](C)(C)O)[C@H]1C)C(=O)N2C/C=C(\C)CCC=C(C)C. The maximum Gasteiger partial charge on any atom is 0.264 e. The van der Waals surface area contributed by atoms with E-state index in [1.807, 2.05) is 62.5 Å². The molecule has 1 spiro atoms. The highest BCUT2D eigenvalue weighted by atomic mass is 28.4. The first-order chi connectivity index (χ1) is 21.8. The Morgan fingerprint density at radius 2 is 1.85 bits per heavy atom. The van der Waals surface area contributed by atoms with Gasteiger partial charge in [-0.25, -0.2) is 0 Å². The number of aliphatic hydroxyl groups excluding tert-OH is 1. The predicted octanol–water partition coefficient (Wildman–Crippen LogP) is 5.87. The summed E-state index contributed by atoms with van der Waals surface area (Å²) in [7, 11) is -1.36. The Morgan fingerprint density at radius 3 is 2.50 bits per heavy atom. The molecule has 2 N–H and O–H groups in total. The second kappa shape index (κ2) is 13.5. The van der Waals surface area contributed by atoms with Gasteiger partial charge in [0.1, 0.15) is 5.75 Å². The molecule has 1 fully saturated rings. The zero-order chi connectivity index (χ0) is 33.4. The topological polar surface area (TPSA) is 99.5 Å². The number of methoxy groups -OCH3 is 1. The lowest BCUT2D eigenvalue weighted by atomic mass is 9.82. The summed E-state index contributed by atoms with van der Waals surface area (Å²) in [6.45, 7) is 12.7. The summed E-state index contributed by atoms with van der Waals surface area (Å²) < 4.78 is 12.5. The maximum absolute atomic E-state index is 14.7. The van der Waals surface area contributed by atoms with Crippen molar-refractivity contribution in [2.24, 2.45) is 5.92 Å². The minimum absolute atomic E-state index is 0.0162. The van der Waals surface area contributed by atoms with Crippen molar-refractivity contribution >= 4 is 25.8 Å². The monoisotopic (exact) mass is 646 g/mol. The molecule has 9 heteroatoms.